The van der Waals surface area contributed by atoms with Gasteiger partial charge < -0.3 is 5.32 Å². The van der Waals surface area contributed by atoms with Gasteiger partial charge in [-0.1, -0.05) is 29.8 Å². The molecular weight excluding hydrogens is 430 g/mol. The molecule has 0 bridgehead atoms. The second-order valence-corrected chi connectivity index (χ2v) is 7.63. The van der Waals surface area contributed by atoms with Gasteiger partial charge in [0.1, 0.15) is 0 Å². The number of hydrogen-bond donors (Lipinski definition) is 1. The largest absolute Gasteiger partial charge is 0.309 e. The predicted octanol–water partition coefficient (Wildman–Crippen LogP) is 4.50. The van der Waals surface area contributed by atoms with Crippen LogP contribution in [0.4, 0.5) is 5.82 Å². The molecule has 1 N–H and O–H groups in total. The van der Waals surface area contributed by atoms with Crippen molar-refractivity contribution in [3.05, 3.63) is 62.5 Å². The van der Waals surface area contributed by atoms with Crippen molar-refractivity contribution >= 4 is 39.3 Å². The van der Waals surface area contributed by atoms with E-state index in [9.17, 15) is 4.79 Å². The maximum atomic E-state index is 12.3. The number of nitrogens with one attached hydrogen (secondary N) is 1. The van der Waals surface area contributed by atoms with Crippen molar-refractivity contribution in [1.29, 1.82) is 0 Å². The van der Waals surface area contributed by atoms with Gasteiger partial charge in [-0.2, -0.15) is 10.2 Å². The van der Waals surface area contributed by atoms with E-state index in [2.05, 4.69) is 31.4 Å². The minimum Gasteiger partial charge on any atom is -0.309 e. The molecule has 0 radical (unpaired) electrons. The SMILES string of the molecule is Cc1nn(CCC(=O)Nc2cc(C)n(Cc3ccccc3Cl)n2)c(C)c1Br. The van der Waals surface area contributed by atoms with Crippen LogP contribution in [0.15, 0.2) is 34.8 Å². The predicted molar refractivity (Wildman–Crippen MR) is 110 cm³/mol. The molecule has 1 amide bonds. The first-order valence-corrected chi connectivity index (χ1v) is 9.79. The highest BCUT2D eigenvalue weighted by molar-refractivity contribution is 9.10. The number of halogens is 2. The van der Waals surface area contributed by atoms with Gasteiger partial charge in [-0.25, -0.2) is 0 Å². The van der Waals surface area contributed by atoms with Crippen molar-refractivity contribution in [3.8, 4) is 0 Å². The molecule has 0 aliphatic rings. The summed E-state index contributed by atoms with van der Waals surface area (Å²) in [6, 6.07) is 9.52. The lowest BCUT2D eigenvalue weighted by atomic mass is 10.2. The van der Waals surface area contributed by atoms with E-state index in [0.717, 1.165) is 27.1 Å². The van der Waals surface area contributed by atoms with Crippen LogP contribution in [0.5, 0.6) is 0 Å². The van der Waals surface area contributed by atoms with Gasteiger partial charge in [0, 0.05) is 28.9 Å². The minimum absolute atomic E-state index is 0.0962. The number of rotatable bonds is 6. The lowest BCUT2D eigenvalue weighted by Crippen LogP contribution is -2.16. The molecule has 27 heavy (non-hydrogen) atoms. The summed E-state index contributed by atoms with van der Waals surface area (Å²) in [7, 11) is 0. The Bertz CT molecular complexity index is 979. The zero-order valence-electron chi connectivity index (χ0n) is 15.5. The highest BCUT2D eigenvalue weighted by atomic mass is 79.9. The van der Waals surface area contributed by atoms with Gasteiger partial charge in [0.2, 0.25) is 5.91 Å². The Labute approximate surface area is 171 Å². The maximum Gasteiger partial charge on any atom is 0.227 e. The average molecular weight is 451 g/mol. The van der Waals surface area contributed by atoms with Crippen molar-refractivity contribution < 1.29 is 4.79 Å². The molecular formula is C19H21BrClN5O. The Hall–Kier alpha value is -2.12. The summed E-state index contributed by atoms with van der Waals surface area (Å²) >= 11 is 9.72. The number of hydrogen-bond acceptors (Lipinski definition) is 3. The third-order valence-electron chi connectivity index (χ3n) is 4.37. The van der Waals surface area contributed by atoms with E-state index in [-0.39, 0.29) is 5.91 Å². The number of amides is 1. The van der Waals surface area contributed by atoms with Crippen LogP contribution in [0.3, 0.4) is 0 Å². The first kappa shape index (κ1) is 19.6. The number of aromatic nitrogens is 4. The van der Waals surface area contributed by atoms with Gasteiger partial charge in [0.15, 0.2) is 5.82 Å². The minimum atomic E-state index is -0.0962. The van der Waals surface area contributed by atoms with Crippen LogP contribution < -0.4 is 5.32 Å². The Morgan fingerprint density at radius 1 is 1.19 bits per heavy atom. The van der Waals surface area contributed by atoms with Gasteiger partial charge in [-0.05, 0) is 48.3 Å². The first-order chi connectivity index (χ1) is 12.8. The molecule has 0 atom stereocenters. The van der Waals surface area contributed by atoms with E-state index in [0.29, 0.717) is 30.4 Å². The maximum absolute atomic E-state index is 12.3. The highest BCUT2D eigenvalue weighted by Crippen LogP contribution is 2.20. The molecule has 0 spiro atoms. The van der Waals surface area contributed by atoms with Gasteiger partial charge in [0.25, 0.3) is 0 Å². The summed E-state index contributed by atoms with van der Waals surface area (Å²) in [6.07, 6.45) is 0.324. The summed E-state index contributed by atoms with van der Waals surface area (Å²) in [5.74, 6) is 0.445. The summed E-state index contributed by atoms with van der Waals surface area (Å²) in [5, 5.41) is 12.5. The zero-order valence-corrected chi connectivity index (χ0v) is 17.8. The Balaban J connectivity index is 1.61. The third kappa shape index (κ3) is 4.59. The summed E-state index contributed by atoms with van der Waals surface area (Å²) in [4.78, 5) is 12.3. The fraction of sp³-hybridized carbons (Fsp3) is 0.316. The Morgan fingerprint density at radius 3 is 2.59 bits per heavy atom. The Morgan fingerprint density at radius 2 is 1.93 bits per heavy atom. The molecule has 3 rings (SSSR count). The highest BCUT2D eigenvalue weighted by Gasteiger charge is 2.12. The number of benzene rings is 1. The standard InChI is InChI=1S/C19H21BrClN5O/c1-12-10-17(24-26(12)11-15-6-4-5-7-16(15)21)22-18(27)8-9-25-14(3)19(20)13(2)23-25/h4-7,10H,8-9,11H2,1-3H3,(H,22,24,27). The molecule has 8 heteroatoms. The normalized spacial score (nSPS) is 11.0. The molecule has 1 aromatic carbocycles. The van der Waals surface area contributed by atoms with Crippen LogP contribution in [0.2, 0.25) is 5.02 Å². The third-order valence-corrected chi connectivity index (χ3v) is 5.89. The van der Waals surface area contributed by atoms with E-state index < -0.39 is 0 Å². The van der Waals surface area contributed by atoms with E-state index in [4.69, 9.17) is 11.6 Å². The number of carbonyl (C=O) groups is 1. The molecule has 0 unspecified atom stereocenters. The molecule has 0 aliphatic carbocycles. The number of carbonyl (C=O) groups excluding carboxylic acids is 1. The fourth-order valence-electron chi connectivity index (χ4n) is 2.82. The van der Waals surface area contributed by atoms with Gasteiger partial charge in [-0.15, -0.1) is 0 Å². The van der Waals surface area contributed by atoms with Crippen molar-refractivity contribution in [3.63, 3.8) is 0 Å². The van der Waals surface area contributed by atoms with E-state index in [1.165, 1.54) is 0 Å². The fourth-order valence-corrected chi connectivity index (χ4v) is 3.30. The van der Waals surface area contributed by atoms with Gasteiger partial charge in [-0.3, -0.25) is 14.2 Å². The first-order valence-electron chi connectivity index (χ1n) is 8.62. The van der Waals surface area contributed by atoms with E-state index in [1.54, 1.807) is 0 Å². The Kier molecular flexibility index (Phi) is 6.01. The lowest BCUT2D eigenvalue weighted by molar-refractivity contribution is -0.116. The van der Waals surface area contributed by atoms with Crippen LogP contribution in [-0.4, -0.2) is 25.5 Å². The number of aryl methyl sites for hydroxylation is 3. The van der Waals surface area contributed by atoms with Gasteiger partial charge in [0.05, 0.1) is 23.3 Å². The summed E-state index contributed by atoms with van der Waals surface area (Å²) in [6.45, 7) is 6.93. The van der Waals surface area contributed by atoms with Crippen molar-refractivity contribution in [2.75, 3.05) is 5.32 Å². The van der Waals surface area contributed by atoms with Crippen molar-refractivity contribution in [2.24, 2.45) is 0 Å². The molecule has 2 heterocycles. The molecule has 0 fully saturated rings. The molecule has 0 aliphatic heterocycles. The molecule has 2 aromatic heterocycles. The van der Waals surface area contributed by atoms with Crippen molar-refractivity contribution in [2.45, 2.75) is 40.3 Å². The monoisotopic (exact) mass is 449 g/mol. The molecule has 3 aromatic rings. The molecule has 0 saturated heterocycles. The molecule has 0 saturated carbocycles. The molecule has 6 nitrogen and oxygen atoms in total. The average Bonchev–Trinajstić information content (AvgIpc) is 3.09. The van der Waals surface area contributed by atoms with Crippen LogP contribution >= 0.6 is 27.5 Å². The van der Waals surface area contributed by atoms with Gasteiger partial charge >= 0.3 is 0 Å². The molecule has 142 valence electrons. The topological polar surface area (TPSA) is 64.7 Å². The van der Waals surface area contributed by atoms with Crippen LogP contribution in [0, 0.1) is 20.8 Å². The number of anilines is 1. The zero-order chi connectivity index (χ0) is 19.6. The van der Waals surface area contributed by atoms with E-state index in [1.807, 2.05) is 60.5 Å². The second kappa shape index (κ2) is 8.27. The summed E-state index contributed by atoms with van der Waals surface area (Å²) in [5.41, 5.74) is 3.87. The smallest absolute Gasteiger partial charge is 0.227 e. The van der Waals surface area contributed by atoms with Crippen molar-refractivity contribution in [1.82, 2.24) is 19.6 Å². The second-order valence-electron chi connectivity index (χ2n) is 6.43. The van der Waals surface area contributed by atoms with Crippen LogP contribution in [0.25, 0.3) is 0 Å². The lowest BCUT2D eigenvalue weighted by Gasteiger charge is -2.06. The summed E-state index contributed by atoms with van der Waals surface area (Å²) < 4.78 is 4.65. The number of nitrogens with zero attached hydrogens (tertiary/aromatic N) is 4. The van der Waals surface area contributed by atoms with Crippen LogP contribution in [0.1, 0.15) is 29.1 Å². The van der Waals surface area contributed by atoms with Crippen LogP contribution in [-0.2, 0) is 17.9 Å². The quantitative estimate of drug-likeness (QED) is 0.601. The van der Waals surface area contributed by atoms with E-state index >= 15 is 0 Å².